The van der Waals surface area contributed by atoms with E-state index in [9.17, 15) is 19.0 Å². The Morgan fingerprint density at radius 3 is 2.07 bits per heavy atom. The molecule has 1 unspecified atom stereocenters. The van der Waals surface area contributed by atoms with Crippen LogP contribution in [0.15, 0.2) is 18.7 Å². The van der Waals surface area contributed by atoms with Gasteiger partial charge in [-0.15, -0.1) is 0 Å². The maximum absolute atomic E-state index is 10.9. The number of nitrogens with zero attached hydrogens (tertiary/aromatic N) is 2. The van der Waals surface area contributed by atoms with Crippen LogP contribution in [0.3, 0.4) is 0 Å². The van der Waals surface area contributed by atoms with Gasteiger partial charge in [0.2, 0.25) is 0 Å². The van der Waals surface area contributed by atoms with Crippen LogP contribution in [-0.4, -0.2) is 63.0 Å². The minimum absolute atomic E-state index is 0. The third-order valence-electron chi connectivity index (χ3n) is 3.17. The number of imidazole rings is 1. The first-order chi connectivity index (χ1) is 11.8. The largest absolute Gasteiger partial charge is 1.00 e. The van der Waals surface area contributed by atoms with Gasteiger partial charge in [0.1, 0.15) is 6.04 Å². The standard InChI is InChI=1S/C6H14N2O2.C5H10N2O7P2.Na.H/c7-4-2-1-3-5(8)6(9)10;8-5(15(9,10)11,16(12,13)14)3-7-2-1-6-4-7;;/h5H,1-4,7-8H2,(H,9,10);1-2,4,8H,3H2,(H2,9,10,11)(H2,12,13,14);;/q;;+1;-1. The van der Waals surface area contributed by atoms with Gasteiger partial charge in [0, 0.05) is 12.4 Å². The smallest absolute Gasteiger partial charge is 1.00 e. The second kappa shape index (κ2) is 12.4. The molecule has 0 aliphatic rings. The molecular weight excluding hydrogens is 417 g/mol. The number of hydrogen-bond donors (Lipinski definition) is 8. The summed E-state index contributed by atoms with van der Waals surface area (Å²) in [5.41, 5.74) is 10.4. The average Bonchev–Trinajstić information content (AvgIpc) is 2.98. The van der Waals surface area contributed by atoms with Gasteiger partial charge in [-0.3, -0.25) is 13.9 Å². The van der Waals surface area contributed by atoms with E-state index in [-0.39, 0.29) is 31.0 Å². The Balaban J connectivity index is -0.000000458. The Hall–Kier alpha value is -0.140. The number of carbonyl (C=O) groups is 1. The second-order valence-corrected chi connectivity index (χ2v) is 9.34. The molecule has 0 radical (unpaired) electrons. The molecule has 0 saturated carbocycles. The van der Waals surface area contributed by atoms with E-state index in [2.05, 4.69) is 4.98 Å². The summed E-state index contributed by atoms with van der Waals surface area (Å²) in [6.45, 7) is -0.353. The topological polar surface area (TPSA) is 242 Å². The number of unbranched alkanes of at least 4 members (excludes halogenated alkanes) is 1. The SMILES string of the molecule is NCCCCC(N)C(=O)O.O=P(O)(O)C(O)(Cn1ccnc1)P(=O)(O)O.[H-].[Na+]. The predicted octanol–water partition coefficient (Wildman–Crippen LogP) is -4.47. The molecule has 13 nitrogen and oxygen atoms in total. The molecule has 16 heteroatoms. The van der Waals surface area contributed by atoms with Crippen molar-refractivity contribution >= 4 is 21.2 Å². The molecule has 1 heterocycles. The zero-order chi connectivity index (χ0) is 20.6. The molecule has 154 valence electrons. The number of aliphatic carboxylic acids is 1. The maximum atomic E-state index is 10.9. The van der Waals surface area contributed by atoms with E-state index < -0.39 is 38.8 Å². The molecule has 0 amide bonds. The summed E-state index contributed by atoms with van der Waals surface area (Å²) < 4.78 is 22.8. The first-order valence-corrected chi connectivity index (χ1v) is 10.5. The molecule has 27 heavy (non-hydrogen) atoms. The Morgan fingerprint density at radius 1 is 1.22 bits per heavy atom. The fourth-order valence-corrected chi connectivity index (χ4v) is 3.66. The molecule has 0 saturated heterocycles. The molecule has 1 aromatic heterocycles. The van der Waals surface area contributed by atoms with Gasteiger partial charge in [-0.2, -0.15) is 0 Å². The van der Waals surface area contributed by atoms with Crippen molar-refractivity contribution in [3.8, 4) is 0 Å². The maximum Gasteiger partial charge on any atom is 1.00 e. The van der Waals surface area contributed by atoms with Crippen LogP contribution < -0.4 is 41.0 Å². The number of rotatable bonds is 9. The number of carboxylic acids is 1. The van der Waals surface area contributed by atoms with Gasteiger partial charge < -0.3 is 47.2 Å². The molecule has 0 aliphatic heterocycles. The summed E-state index contributed by atoms with van der Waals surface area (Å²) in [7, 11) is -10.8. The van der Waals surface area contributed by atoms with Crippen LogP contribution in [0.25, 0.3) is 0 Å². The minimum Gasteiger partial charge on any atom is -1.00 e. The fourth-order valence-electron chi connectivity index (χ4n) is 1.61. The zero-order valence-corrected chi connectivity index (χ0v) is 18.5. The molecule has 0 bridgehead atoms. The molecule has 0 spiro atoms. The van der Waals surface area contributed by atoms with E-state index in [0.717, 1.165) is 23.7 Å². The van der Waals surface area contributed by atoms with E-state index in [4.69, 9.17) is 36.1 Å². The summed E-state index contributed by atoms with van der Waals surface area (Å²) in [5, 5.41) is 14.4. The number of aromatic nitrogens is 2. The van der Waals surface area contributed by atoms with Crippen LogP contribution in [0, 0.1) is 0 Å². The van der Waals surface area contributed by atoms with Crippen molar-refractivity contribution in [2.45, 2.75) is 36.9 Å². The van der Waals surface area contributed by atoms with E-state index in [1.807, 2.05) is 0 Å². The van der Waals surface area contributed by atoms with Gasteiger partial charge >= 0.3 is 50.7 Å². The molecule has 1 aromatic rings. The summed E-state index contributed by atoms with van der Waals surface area (Å²) in [6, 6.07) is -0.716. The van der Waals surface area contributed by atoms with Gasteiger partial charge in [-0.25, -0.2) is 4.98 Å². The van der Waals surface area contributed by atoms with Gasteiger partial charge in [0.25, 0.3) is 5.08 Å². The van der Waals surface area contributed by atoms with Crippen molar-refractivity contribution in [2.75, 3.05) is 6.54 Å². The fraction of sp³-hybridized carbons (Fsp3) is 0.636. The van der Waals surface area contributed by atoms with E-state index >= 15 is 0 Å². The summed E-state index contributed by atoms with van der Waals surface area (Å²) in [6.07, 6.45) is 5.67. The monoisotopic (exact) mass is 442 g/mol. The van der Waals surface area contributed by atoms with Crippen LogP contribution in [0.1, 0.15) is 20.7 Å². The zero-order valence-electron chi connectivity index (χ0n) is 15.7. The molecule has 10 N–H and O–H groups in total. The third-order valence-corrected chi connectivity index (χ3v) is 6.89. The van der Waals surface area contributed by atoms with Crippen molar-refractivity contribution in [1.29, 1.82) is 0 Å². The molecule has 1 rings (SSSR count). The van der Waals surface area contributed by atoms with Gasteiger partial charge in [-0.05, 0) is 19.4 Å². The second-order valence-electron chi connectivity index (χ2n) is 5.33. The Kier molecular flexibility index (Phi) is 13.4. The van der Waals surface area contributed by atoms with Crippen molar-refractivity contribution < 1.29 is 74.7 Å². The van der Waals surface area contributed by atoms with Gasteiger partial charge in [0.15, 0.2) is 0 Å². The van der Waals surface area contributed by atoms with Crippen molar-refractivity contribution in [3.05, 3.63) is 18.7 Å². The molecular formula is C11H25N4NaO9P2. The van der Waals surface area contributed by atoms with Crippen LogP contribution >= 0.6 is 15.2 Å². The van der Waals surface area contributed by atoms with Gasteiger partial charge in [-0.1, -0.05) is 6.42 Å². The van der Waals surface area contributed by atoms with Crippen molar-refractivity contribution in [3.63, 3.8) is 0 Å². The molecule has 0 aromatic carbocycles. The van der Waals surface area contributed by atoms with Crippen LogP contribution in [0.4, 0.5) is 0 Å². The first kappa shape index (κ1) is 29.1. The van der Waals surface area contributed by atoms with Gasteiger partial charge in [0.05, 0.1) is 12.9 Å². The third kappa shape index (κ3) is 9.75. The van der Waals surface area contributed by atoms with Crippen molar-refractivity contribution in [2.24, 2.45) is 11.5 Å². The van der Waals surface area contributed by atoms with Crippen LogP contribution in [0.5, 0.6) is 0 Å². The number of aliphatic hydroxyl groups is 1. The number of hydrogen-bond acceptors (Lipinski definition) is 7. The number of carboxylic acid groups (broad SMARTS) is 1. The normalized spacial score (nSPS) is 13.1. The molecule has 0 fully saturated rings. The molecule has 1 atom stereocenters. The quantitative estimate of drug-likeness (QED) is 0.103. The first-order valence-electron chi connectivity index (χ1n) is 7.24. The van der Waals surface area contributed by atoms with E-state index in [0.29, 0.717) is 13.0 Å². The predicted molar refractivity (Wildman–Crippen MR) is 90.9 cm³/mol. The van der Waals surface area contributed by atoms with Crippen molar-refractivity contribution in [1.82, 2.24) is 9.55 Å². The summed E-state index contributed by atoms with van der Waals surface area (Å²) in [5.74, 6) is -0.933. The van der Waals surface area contributed by atoms with Crippen LogP contribution in [0.2, 0.25) is 0 Å². The minimum atomic E-state index is -5.41. The van der Waals surface area contributed by atoms with E-state index in [1.165, 1.54) is 12.4 Å². The molecule has 0 aliphatic carbocycles. The summed E-state index contributed by atoms with van der Waals surface area (Å²) in [4.78, 5) is 48.9. The van der Waals surface area contributed by atoms with E-state index in [1.54, 1.807) is 0 Å². The Bertz CT molecular complexity index is 632. The average molecular weight is 442 g/mol. The van der Waals surface area contributed by atoms with Crippen LogP contribution in [-0.2, 0) is 20.5 Å². The Morgan fingerprint density at radius 2 is 1.74 bits per heavy atom. The number of nitrogens with two attached hydrogens (primary N) is 2. The summed E-state index contributed by atoms with van der Waals surface area (Å²) >= 11 is 0. The Labute approximate surface area is 178 Å².